The van der Waals surface area contributed by atoms with Crippen LogP contribution in [0.4, 0.5) is 13.2 Å². The van der Waals surface area contributed by atoms with Gasteiger partial charge >= 0.3 is 6.18 Å². The Morgan fingerprint density at radius 3 is 2.54 bits per heavy atom. The summed E-state index contributed by atoms with van der Waals surface area (Å²) in [4.78, 5) is 1.51. The molecule has 0 aromatic rings. The number of halogens is 4. The highest BCUT2D eigenvalue weighted by molar-refractivity contribution is 9.09. The lowest BCUT2D eigenvalue weighted by atomic mass is 10.1. The van der Waals surface area contributed by atoms with E-state index in [9.17, 15) is 13.2 Å². The summed E-state index contributed by atoms with van der Waals surface area (Å²) < 4.78 is 36.3. The number of nitrogens with zero attached hydrogens (tertiary/aromatic N) is 1. The van der Waals surface area contributed by atoms with Crippen LogP contribution in [0.25, 0.3) is 0 Å². The monoisotopic (exact) mass is 259 g/mol. The number of rotatable bonds is 2. The van der Waals surface area contributed by atoms with Crippen LogP contribution in [0.5, 0.6) is 0 Å². The van der Waals surface area contributed by atoms with Gasteiger partial charge in [0.1, 0.15) is 0 Å². The van der Waals surface area contributed by atoms with E-state index in [2.05, 4.69) is 15.9 Å². The van der Waals surface area contributed by atoms with Crippen molar-refractivity contribution < 1.29 is 13.2 Å². The van der Waals surface area contributed by atoms with E-state index in [1.807, 2.05) is 6.92 Å². The Morgan fingerprint density at radius 1 is 1.46 bits per heavy atom. The Balaban J connectivity index is 2.51. The third-order valence-corrected chi connectivity index (χ3v) is 3.20. The number of hydrogen-bond acceptors (Lipinski definition) is 1. The summed E-state index contributed by atoms with van der Waals surface area (Å²) in [5.41, 5.74) is 0. The van der Waals surface area contributed by atoms with E-state index in [1.54, 1.807) is 0 Å². The fraction of sp³-hybridized carbons (Fsp3) is 1.00. The molecule has 1 saturated heterocycles. The first-order valence-electron chi connectivity index (χ1n) is 4.31. The first kappa shape index (κ1) is 11.3. The molecule has 0 aromatic heterocycles. The van der Waals surface area contributed by atoms with Crippen molar-refractivity contribution in [3.63, 3.8) is 0 Å². The fourth-order valence-corrected chi connectivity index (χ4v) is 2.81. The minimum Gasteiger partial charge on any atom is -0.291 e. The topological polar surface area (TPSA) is 3.24 Å². The molecule has 1 aliphatic heterocycles. The lowest BCUT2D eigenvalue weighted by Gasteiger charge is -2.25. The zero-order valence-corrected chi connectivity index (χ0v) is 9.03. The van der Waals surface area contributed by atoms with Gasteiger partial charge in [-0.15, -0.1) is 0 Å². The molecule has 1 nitrogen and oxygen atoms in total. The van der Waals surface area contributed by atoms with Gasteiger partial charge in [0.05, 0.1) is 6.54 Å². The molecule has 2 unspecified atom stereocenters. The molecule has 0 bridgehead atoms. The van der Waals surface area contributed by atoms with Crippen molar-refractivity contribution in [1.82, 2.24) is 4.90 Å². The van der Waals surface area contributed by atoms with Gasteiger partial charge in [-0.1, -0.05) is 22.9 Å². The maximum absolute atomic E-state index is 12.1. The molecule has 2 atom stereocenters. The molecular weight excluding hydrogens is 247 g/mol. The summed E-state index contributed by atoms with van der Waals surface area (Å²) >= 11 is 3.26. The third-order valence-electron chi connectivity index (χ3n) is 2.54. The van der Waals surface area contributed by atoms with E-state index >= 15 is 0 Å². The van der Waals surface area contributed by atoms with Crippen molar-refractivity contribution in [1.29, 1.82) is 0 Å². The van der Waals surface area contributed by atoms with Gasteiger partial charge in [0.2, 0.25) is 0 Å². The molecule has 1 fully saturated rings. The molecule has 13 heavy (non-hydrogen) atoms. The van der Waals surface area contributed by atoms with Gasteiger partial charge in [-0.25, -0.2) is 0 Å². The summed E-state index contributed by atoms with van der Waals surface area (Å²) in [6.45, 7) is 1.80. The van der Waals surface area contributed by atoms with Crippen molar-refractivity contribution in [3.8, 4) is 0 Å². The lowest BCUT2D eigenvalue weighted by molar-refractivity contribution is -0.147. The highest BCUT2D eigenvalue weighted by Crippen LogP contribution is 2.28. The molecule has 0 amide bonds. The minimum absolute atomic E-state index is 0.0432. The van der Waals surface area contributed by atoms with Crippen molar-refractivity contribution in [2.75, 3.05) is 18.4 Å². The van der Waals surface area contributed by atoms with E-state index in [4.69, 9.17) is 0 Å². The van der Waals surface area contributed by atoms with Gasteiger partial charge in [0.25, 0.3) is 0 Å². The van der Waals surface area contributed by atoms with Crippen LogP contribution in [-0.2, 0) is 0 Å². The lowest BCUT2D eigenvalue weighted by Crippen LogP contribution is -2.40. The molecule has 0 spiro atoms. The number of hydrogen-bond donors (Lipinski definition) is 0. The second-order valence-electron chi connectivity index (χ2n) is 3.57. The summed E-state index contributed by atoms with van der Waals surface area (Å²) in [6, 6.07) is 0.0432. The first-order valence-corrected chi connectivity index (χ1v) is 5.43. The van der Waals surface area contributed by atoms with Gasteiger partial charge in [0.15, 0.2) is 0 Å². The quantitative estimate of drug-likeness (QED) is 0.690. The highest BCUT2D eigenvalue weighted by atomic mass is 79.9. The van der Waals surface area contributed by atoms with Crippen LogP contribution in [-0.4, -0.2) is 35.5 Å². The molecule has 1 heterocycles. The molecular formula is C8H13BrF3N. The Kier molecular flexibility index (Phi) is 3.63. The van der Waals surface area contributed by atoms with Crippen LogP contribution in [0, 0.1) is 5.92 Å². The number of likely N-dealkylation sites (tertiary alicyclic amines) is 1. The molecule has 1 rings (SSSR count). The van der Waals surface area contributed by atoms with Crippen molar-refractivity contribution in [2.45, 2.75) is 25.6 Å². The number of alkyl halides is 4. The predicted molar refractivity (Wildman–Crippen MR) is 49.0 cm³/mol. The van der Waals surface area contributed by atoms with Crippen LogP contribution < -0.4 is 0 Å². The second kappa shape index (κ2) is 4.17. The Hall–Kier alpha value is 0.230. The van der Waals surface area contributed by atoms with Crippen LogP contribution in [0.3, 0.4) is 0 Å². The normalized spacial score (nSPS) is 31.2. The molecule has 0 aliphatic carbocycles. The fourth-order valence-electron chi connectivity index (χ4n) is 1.76. The van der Waals surface area contributed by atoms with E-state index in [1.165, 1.54) is 4.90 Å². The molecule has 0 aromatic carbocycles. The van der Waals surface area contributed by atoms with Crippen LogP contribution in [0.15, 0.2) is 0 Å². The van der Waals surface area contributed by atoms with Crippen molar-refractivity contribution in [2.24, 2.45) is 5.92 Å². The minimum atomic E-state index is -4.06. The molecule has 0 N–H and O–H groups in total. The van der Waals surface area contributed by atoms with Gasteiger partial charge in [-0.05, 0) is 18.9 Å². The van der Waals surface area contributed by atoms with E-state index in [0.717, 1.165) is 6.42 Å². The average molecular weight is 260 g/mol. The van der Waals surface area contributed by atoms with E-state index in [0.29, 0.717) is 17.8 Å². The van der Waals surface area contributed by atoms with Crippen LogP contribution in [0.2, 0.25) is 0 Å². The summed E-state index contributed by atoms with van der Waals surface area (Å²) in [6.07, 6.45) is -3.20. The molecule has 5 heteroatoms. The molecule has 0 radical (unpaired) electrons. The second-order valence-corrected chi connectivity index (χ2v) is 4.22. The van der Waals surface area contributed by atoms with Crippen LogP contribution >= 0.6 is 15.9 Å². The molecule has 0 saturated carbocycles. The maximum atomic E-state index is 12.1. The van der Waals surface area contributed by atoms with Crippen molar-refractivity contribution >= 4 is 15.9 Å². The Morgan fingerprint density at radius 2 is 2.08 bits per heavy atom. The smallest absolute Gasteiger partial charge is 0.291 e. The Labute approximate surface area is 84.4 Å². The maximum Gasteiger partial charge on any atom is 0.401 e. The summed E-state index contributed by atoms with van der Waals surface area (Å²) in [5.74, 6) is 0.363. The first-order chi connectivity index (χ1) is 5.94. The highest BCUT2D eigenvalue weighted by Gasteiger charge is 2.38. The zero-order valence-electron chi connectivity index (χ0n) is 7.44. The van der Waals surface area contributed by atoms with E-state index < -0.39 is 12.7 Å². The van der Waals surface area contributed by atoms with E-state index in [-0.39, 0.29) is 6.04 Å². The zero-order chi connectivity index (χ0) is 10.1. The summed E-state index contributed by atoms with van der Waals surface area (Å²) in [5, 5.41) is 0.629. The van der Waals surface area contributed by atoms with Gasteiger partial charge in [0, 0.05) is 11.4 Å². The largest absolute Gasteiger partial charge is 0.401 e. The average Bonchev–Trinajstić information content (AvgIpc) is 2.28. The van der Waals surface area contributed by atoms with Crippen molar-refractivity contribution in [3.05, 3.63) is 0 Å². The Bertz CT molecular complexity index is 171. The molecule has 1 aliphatic rings. The van der Waals surface area contributed by atoms with Gasteiger partial charge in [-0.3, -0.25) is 4.90 Å². The van der Waals surface area contributed by atoms with Gasteiger partial charge < -0.3 is 0 Å². The molecule has 78 valence electrons. The summed E-state index contributed by atoms with van der Waals surface area (Å²) in [7, 11) is 0. The SMILES string of the molecule is CC1CCN(CC(F)(F)F)C1CBr. The predicted octanol–water partition coefficient (Wildman–Crippen LogP) is 2.65. The van der Waals surface area contributed by atoms with Crippen LogP contribution in [0.1, 0.15) is 13.3 Å². The third kappa shape index (κ3) is 3.13. The standard InChI is InChI=1S/C8H13BrF3N/c1-6-2-3-13(7(6)4-9)5-8(10,11)12/h6-7H,2-5H2,1H3. The van der Waals surface area contributed by atoms with Gasteiger partial charge in [-0.2, -0.15) is 13.2 Å².